The molecule has 9 heteroatoms. The van der Waals surface area contributed by atoms with Crippen molar-refractivity contribution >= 4 is 27.4 Å². The van der Waals surface area contributed by atoms with Crippen molar-refractivity contribution in [3.63, 3.8) is 0 Å². The molecule has 0 atom stereocenters. The summed E-state index contributed by atoms with van der Waals surface area (Å²) in [6.45, 7) is 4.70. The van der Waals surface area contributed by atoms with E-state index >= 15 is 0 Å². The van der Waals surface area contributed by atoms with E-state index in [-0.39, 0.29) is 11.6 Å². The number of pyridine rings is 2. The second-order valence-corrected chi connectivity index (χ2v) is 8.16. The van der Waals surface area contributed by atoms with E-state index < -0.39 is 20.7 Å². The molecule has 0 bridgehead atoms. The van der Waals surface area contributed by atoms with E-state index in [4.69, 9.17) is 0 Å². The average Bonchev–Trinajstić information content (AvgIpc) is 2.65. The molecule has 0 spiro atoms. The van der Waals surface area contributed by atoms with Crippen LogP contribution in [0.4, 0.5) is 15.9 Å². The van der Waals surface area contributed by atoms with Crippen LogP contribution < -0.4 is 10.0 Å². The number of carbonyl (C=O) groups is 1. The van der Waals surface area contributed by atoms with Crippen molar-refractivity contribution in [1.82, 2.24) is 9.97 Å². The maximum absolute atomic E-state index is 14.1. The number of aryl methyl sites for hydroxylation is 2. The zero-order valence-electron chi connectivity index (χ0n) is 16.0. The van der Waals surface area contributed by atoms with Gasteiger partial charge < -0.3 is 5.32 Å². The number of anilines is 2. The molecule has 2 N–H and O–H groups in total. The molecule has 29 heavy (non-hydrogen) atoms. The minimum Gasteiger partial charge on any atom is -0.311 e. The second kappa shape index (κ2) is 7.96. The van der Waals surface area contributed by atoms with Crippen LogP contribution in [0, 0.1) is 19.7 Å². The second-order valence-electron chi connectivity index (χ2n) is 6.51. The van der Waals surface area contributed by atoms with E-state index in [9.17, 15) is 17.6 Å². The molecule has 150 valence electrons. The number of benzene rings is 1. The van der Waals surface area contributed by atoms with Gasteiger partial charge >= 0.3 is 0 Å². The Morgan fingerprint density at radius 2 is 1.79 bits per heavy atom. The van der Waals surface area contributed by atoms with Gasteiger partial charge in [0.1, 0.15) is 16.5 Å². The molecule has 7 nitrogen and oxygen atoms in total. The highest BCUT2D eigenvalue weighted by Gasteiger charge is 2.21. The minimum absolute atomic E-state index is 0.223. The van der Waals surface area contributed by atoms with Gasteiger partial charge in [-0.3, -0.25) is 14.5 Å². The van der Waals surface area contributed by atoms with E-state index in [1.165, 1.54) is 25.3 Å². The number of sulfonamides is 1. The Hall–Kier alpha value is -3.33. The smallest absolute Gasteiger partial charge is 0.264 e. The van der Waals surface area contributed by atoms with Crippen LogP contribution in [0.3, 0.4) is 0 Å². The molecular weight excluding hydrogens is 395 g/mol. The summed E-state index contributed by atoms with van der Waals surface area (Å²) in [7, 11) is -4.15. The minimum atomic E-state index is -4.15. The summed E-state index contributed by atoms with van der Waals surface area (Å²) in [6, 6.07) is 8.83. The first kappa shape index (κ1) is 20.4. The number of hydrogen-bond acceptors (Lipinski definition) is 5. The molecule has 0 fully saturated rings. The van der Waals surface area contributed by atoms with Crippen LogP contribution in [-0.4, -0.2) is 24.3 Å². The summed E-state index contributed by atoms with van der Waals surface area (Å²) >= 11 is 0. The predicted molar refractivity (Wildman–Crippen MR) is 108 cm³/mol. The van der Waals surface area contributed by atoms with E-state index in [1.54, 1.807) is 38.2 Å². The van der Waals surface area contributed by atoms with Gasteiger partial charge in [-0.25, -0.2) is 17.8 Å². The Bertz CT molecular complexity index is 1200. The average molecular weight is 414 g/mol. The van der Waals surface area contributed by atoms with Gasteiger partial charge in [-0.1, -0.05) is 6.07 Å². The highest BCUT2D eigenvalue weighted by atomic mass is 32.2. The number of nitrogens with one attached hydrogen (secondary N) is 2. The van der Waals surface area contributed by atoms with Crippen LogP contribution in [0.15, 0.2) is 53.7 Å². The maximum Gasteiger partial charge on any atom is 0.264 e. The fraction of sp³-hybridized carbons (Fsp3) is 0.150. The van der Waals surface area contributed by atoms with Crippen molar-refractivity contribution in [2.24, 2.45) is 0 Å². The highest BCUT2D eigenvalue weighted by Crippen LogP contribution is 2.27. The Morgan fingerprint density at radius 1 is 1.03 bits per heavy atom. The standard InChI is InChI=1S/C20H19FN4O3S/c1-12-4-5-17(21)19(8-12)29(27,28)25-18-9-16(11-23-13(18)2)15-6-7-22-20(10-15)24-14(3)26/h4-11,25H,1-3H3,(H,22,24,26). The molecule has 2 aromatic heterocycles. The summed E-state index contributed by atoms with van der Waals surface area (Å²) in [5.74, 6) is -0.733. The number of rotatable bonds is 5. The van der Waals surface area contributed by atoms with Gasteiger partial charge in [-0.2, -0.15) is 0 Å². The van der Waals surface area contributed by atoms with Crippen LogP contribution in [-0.2, 0) is 14.8 Å². The van der Waals surface area contributed by atoms with Crippen LogP contribution in [0.5, 0.6) is 0 Å². The quantitative estimate of drug-likeness (QED) is 0.664. The van der Waals surface area contributed by atoms with Gasteiger partial charge in [0.2, 0.25) is 5.91 Å². The number of nitrogens with zero attached hydrogens (tertiary/aromatic N) is 2. The molecule has 1 aromatic carbocycles. The fourth-order valence-corrected chi connectivity index (χ4v) is 3.94. The SMILES string of the molecule is CC(=O)Nc1cc(-c2cnc(C)c(NS(=O)(=O)c3cc(C)ccc3F)c2)ccn1. The molecule has 1 amide bonds. The van der Waals surface area contributed by atoms with Gasteiger partial charge in [0.25, 0.3) is 10.0 Å². The number of hydrogen-bond donors (Lipinski definition) is 2. The van der Waals surface area contributed by atoms with Gasteiger partial charge in [0.05, 0.1) is 11.4 Å². The molecule has 3 aromatic rings. The number of amides is 1. The first-order valence-corrected chi connectivity index (χ1v) is 10.1. The molecule has 0 aliphatic carbocycles. The lowest BCUT2D eigenvalue weighted by molar-refractivity contribution is -0.114. The van der Waals surface area contributed by atoms with Crippen molar-refractivity contribution in [1.29, 1.82) is 0 Å². The summed E-state index contributed by atoms with van der Waals surface area (Å²) < 4.78 is 41.9. The molecule has 0 unspecified atom stereocenters. The Labute approximate surface area is 168 Å². The molecule has 0 radical (unpaired) electrons. The maximum atomic E-state index is 14.1. The van der Waals surface area contributed by atoms with Crippen molar-refractivity contribution in [3.05, 3.63) is 65.9 Å². The lowest BCUT2D eigenvalue weighted by atomic mass is 10.1. The van der Waals surface area contributed by atoms with Gasteiger partial charge in [-0.05, 0) is 55.3 Å². The van der Waals surface area contributed by atoms with Gasteiger partial charge in [0.15, 0.2) is 0 Å². The molecule has 3 rings (SSSR count). The molecule has 0 aliphatic heterocycles. The fourth-order valence-electron chi connectivity index (χ4n) is 2.67. The molecule has 0 saturated carbocycles. The number of carbonyl (C=O) groups excluding carboxylic acids is 1. The summed E-state index contributed by atoms with van der Waals surface area (Å²) in [4.78, 5) is 19.1. The van der Waals surface area contributed by atoms with Crippen molar-refractivity contribution in [2.45, 2.75) is 25.7 Å². The van der Waals surface area contributed by atoms with Gasteiger partial charge in [0, 0.05) is 24.9 Å². The summed E-state index contributed by atoms with van der Waals surface area (Å²) in [5, 5.41) is 2.59. The topological polar surface area (TPSA) is 101 Å². The van der Waals surface area contributed by atoms with E-state index in [0.717, 1.165) is 6.07 Å². The van der Waals surface area contributed by atoms with E-state index in [2.05, 4.69) is 20.0 Å². The predicted octanol–water partition coefficient (Wildman–Crippen LogP) is 3.66. The lowest BCUT2D eigenvalue weighted by Crippen LogP contribution is -2.16. The van der Waals surface area contributed by atoms with Gasteiger partial charge in [-0.15, -0.1) is 0 Å². The summed E-state index contributed by atoms with van der Waals surface area (Å²) in [5.41, 5.74) is 2.56. The largest absolute Gasteiger partial charge is 0.311 e. The lowest BCUT2D eigenvalue weighted by Gasteiger charge is -2.13. The normalized spacial score (nSPS) is 11.2. The van der Waals surface area contributed by atoms with Crippen LogP contribution in [0.1, 0.15) is 18.2 Å². The zero-order valence-corrected chi connectivity index (χ0v) is 16.8. The summed E-state index contributed by atoms with van der Waals surface area (Å²) in [6.07, 6.45) is 3.10. The zero-order chi connectivity index (χ0) is 21.2. The van der Waals surface area contributed by atoms with Crippen LogP contribution in [0.2, 0.25) is 0 Å². The monoisotopic (exact) mass is 414 g/mol. The third kappa shape index (κ3) is 4.75. The van der Waals surface area contributed by atoms with Crippen LogP contribution >= 0.6 is 0 Å². The highest BCUT2D eigenvalue weighted by molar-refractivity contribution is 7.92. The van der Waals surface area contributed by atoms with Crippen LogP contribution in [0.25, 0.3) is 11.1 Å². The van der Waals surface area contributed by atoms with E-state index in [0.29, 0.717) is 28.2 Å². The number of aromatic nitrogens is 2. The Kier molecular flexibility index (Phi) is 5.60. The Morgan fingerprint density at radius 3 is 2.52 bits per heavy atom. The third-order valence-electron chi connectivity index (χ3n) is 4.10. The molecule has 2 heterocycles. The first-order chi connectivity index (χ1) is 13.7. The van der Waals surface area contributed by atoms with Crippen molar-refractivity contribution < 1.29 is 17.6 Å². The number of halogens is 1. The first-order valence-electron chi connectivity index (χ1n) is 8.65. The molecular formula is C20H19FN4O3S. The molecule has 0 saturated heterocycles. The third-order valence-corrected chi connectivity index (χ3v) is 5.49. The van der Waals surface area contributed by atoms with Crippen molar-refractivity contribution in [2.75, 3.05) is 10.0 Å². The van der Waals surface area contributed by atoms with Crippen molar-refractivity contribution in [3.8, 4) is 11.1 Å². The molecule has 0 aliphatic rings. The Balaban J connectivity index is 1.98. The van der Waals surface area contributed by atoms with E-state index in [1.807, 2.05) is 0 Å².